The smallest absolute Gasteiger partial charge is 0.0434 e. The Bertz CT molecular complexity index is 406. The van der Waals surface area contributed by atoms with Crippen molar-refractivity contribution in [2.24, 2.45) is 0 Å². The van der Waals surface area contributed by atoms with Crippen LogP contribution in [0.15, 0.2) is 24.3 Å². The molecule has 1 N–H and O–H groups in total. The molecule has 0 aliphatic rings. The highest BCUT2D eigenvalue weighted by Gasteiger charge is 2.16. The summed E-state index contributed by atoms with van der Waals surface area (Å²) in [5.41, 5.74) is 2.74. The largest absolute Gasteiger partial charge is 0.312 e. The molecule has 0 aliphatic heterocycles. The Morgan fingerprint density at radius 3 is 2.21 bits per heavy atom. The summed E-state index contributed by atoms with van der Waals surface area (Å²) in [7, 11) is 1.20. The molecule has 0 saturated carbocycles. The lowest BCUT2D eigenvalue weighted by Gasteiger charge is -2.21. The molecule has 0 amide bonds. The van der Waals surface area contributed by atoms with E-state index in [0.717, 1.165) is 12.2 Å². The molecule has 2 nitrogen and oxygen atoms in total. The zero-order valence-corrected chi connectivity index (χ0v) is 13.6. The second kappa shape index (κ2) is 7.20. The van der Waals surface area contributed by atoms with Gasteiger partial charge in [-0.05, 0) is 30.0 Å². The molecular formula is C16H27NOS. The second-order valence-corrected chi connectivity index (χ2v) is 7.65. The Morgan fingerprint density at radius 2 is 1.79 bits per heavy atom. The molecule has 19 heavy (non-hydrogen) atoms. The van der Waals surface area contributed by atoms with E-state index >= 15 is 0 Å². The van der Waals surface area contributed by atoms with Crippen LogP contribution in [0, 0.1) is 0 Å². The van der Waals surface area contributed by atoms with E-state index in [1.807, 2.05) is 7.05 Å². The van der Waals surface area contributed by atoms with Gasteiger partial charge in [-0.15, -0.1) is 0 Å². The van der Waals surface area contributed by atoms with Crippen LogP contribution in [-0.2, 0) is 16.2 Å². The number of nitrogens with one attached hydrogen (secondary N) is 1. The van der Waals surface area contributed by atoms with Gasteiger partial charge in [0.15, 0.2) is 0 Å². The van der Waals surface area contributed by atoms with Crippen LogP contribution in [0.3, 0.4) is 0 Å². The first-order valence-electron chi connectivity index (χ1n) is 7.01. The average molecular weight is 281 g/mol. The summed E-state index contributed by atoms with van der Waals surface area (Å²) in [6.45, 7) is 8.72. The van der Waals surface area contributed by atoms with Gasteiger partial charge in [-0.1, -0.05) is 52.0 Å². The summed E-state index contributed by atoms with van der Waals surface area (Å²) >= 11 is 0. The lowest BCUT2D eigenvalue weighted by molar-refractivity contribution is 0.588. The van der Waals surface area contributed by atoms with Gasteiger partial charge in [-0.25, -0.2) is 0 Å². The predicted octanol–water partition coefficient (Wildman–Crippen LogP) is 3.40. The van der Waals surface area contributed by atoms with Crippen LogP contribution in [0.5, 0.6) is 0 Å². The van der Waals surface area contributed by atoms with Gasteiger partial charge in [-0.3, -0.25) is 4.21 Å². The third-order valence-corrected chi connectivity index (χ3v) is 4.88. The van der Waals surface area contributed by atoms with Crippen molar-refractivity contribution in [3.8, 4) is 0 Å². The van der Waals surface area contributed by atoms with Crippen LogP contribution >= 0.6 is 0 Å². The molecule has 2 unspecified atom stereocenters. The van der Waals surface area contributed by atoms with Gasteiger partial charge in [0.2, 0.25) is 0 Å². The molecule has 1 rings (SSSR count). The molecule has 0 radical (unpaired) electrons. The Balaban J connectivity index is 2.79. The number of benzene rings is 1. The highest BCUT2D eigenvalue weighted by Crippen LogP contribution is 2.24. The van der Waals surface area contributed by atoms with Crippen molar-refractivity contribution in [2.45, 2.75) is 45.6 Å². The van der Waals surface area contributed by atoms with Crippen LogP contribution < -0.4 is 5.32 Å². The molecule has 1 aromatic rings. The fourth-order valence-corrected chi connectivity index (χ4v) is 3.41. The molecule has 0 aromatic heterocycles. The molecule has 0 fully saturated rings. The summed E-state index contributed by atoms with van der Waals surface area (Å²) in [5, 5.41) is 3.27. The Hall–Kier alpha value is -0.670. The molecule has 108 valence electrons. The first-order valence-corrected chi connectivity index (χ1v) is 8.50. The topological polar surface area (TPSA) is 29.1 Å². The summed E-state index contributed by atoms with van der Waals surface area (Å²) in [6, 6.07) is 8.86. The number of rotatable bonds is 6. The van der Waals surface area contributed by atoms with Gasteiger partial charge < -0.3 is 5.32 Å². The Morgan fingerprint density at radius 1 is 1.21 bits per heavy atom. The molecule has 3 heteroatoms. The van der Waals surface area contributed by atoms with Crippen molar-refractivity contribution >= 4 is 10.8 Å². The lowest BCUT2D eigenvalue weighted by atomic mass is 9.86. The van der Waals surface area contributed by atoms with E-state index in [1.165, 1.54) is 11.1 Å². The minimum absolute atomic E-state index is 0.179. The third kappa shape index (κ3) is 5.07. The summed E-state index contributed by atoms with van der Waals surface area (Å²) in [4.78, 5) is 0. The monoisotopic (exact) mass is 281 g/mol. The molecule has 0 heterocycles. The fourth-order valence-electron chi connectivity index (χ4n) is 2.06. The van der Waals surface area contributed by atoms with Crippen molar-refractivity contribution in [2.75, 3.05) is 18.6 Å². The fraction of sp³-hybridized carbons (Fsp3) is 0.625. The van der Waals surface area contributed by atoms with Crippen LogP contribution in [0.2, 0.25) is 0 Å². The van der Waals surface area contributed by atoms with Gasteiger partial charge in [0.25, 0.3) is 0 Å². The maximum Gasteiger partial charge on any atom is 0.0434 e. The van der Waals surface area contributed by atoms with Gasteiger partial charge in [-0.2, -0.15) is 0 Å². The van der Waals surface area contributed by atoms with E-state index in [4.69, 9.17) is 0 Å². The van der Waals surface area contributed by atoms with Crippen LogP contribution in [0.1, 0.15) is 51.3 Å². The van der Waals surface area contributed by atoms with Crippen molar-refractivity contribution in [1.29, 1.82) is 0 Å². The lowest BCUT2D eigenvalue weighted by Crippen LogP contribution is -2.23. The third-order valence-electron chi connectivity index (χ3n) is 3.31. The van der Waals surface area contributed by atoms with Gasteiger partial charge in [0, 0.05) is 28.3 Å². The molecular weight excluding hydrogens is 254 g/mol. The van der Waals surface area contributed by atoms with E-state index in [0.29, 0.717) is 5.75 Å². The van der Waals surface area contributed by atoms with Crippen LogP contribution in [0.4, 0.5) is 0 Å². The van der Waals surface area contributed by atoms with Gasteiger partial charge in [0.05, 0.1) is 0 Å². The van der Waals surface area contributed by atoms with Crippen molar-refractivity contribution in [1.82, 2.24) is 5.32 Å². The van der Waals surface area contributed by atoms with Crippen molar-refractivity contribution in [3.63, 3.8) is 0 Å². The molecule has 1 aromatic carbocycles. The van der Waals surface area contributed by atoms with Crippen LogP contribution in [-0.4, -0.2) is 22.8 Å². The maximum absolute atomic E-state index is 11.9. The Labute approximate surface area is 120 Å². The highest BCUT2D eigenvalue weighted by molar-refractivity contribution is 7.85. The molecule has 0 spiro atoms. The first kappa shape index (κ1) is 16.4. The molecule has 0 aliphatic carbocycles. The molecule has 0 bridgehead atoms. The minimum atomic E-state index is -0.735. The summed E-state index contributed by atoms with van der Waals surface area (Å²) in [6.07, 6.45) is 0.978. The zero-order valence-electron chi connectivity index (χ0n) is 12.8. The van der Waals surface area contributed by atoms with E-state index in [2.05, 4.69) is 57.3 Å². The Kier molecular flexibility index (Phi) is 6.21. The average Bonchev–Trinajstić information content (AvgIpc) is 2.35. The highest BCUT2D eigenvalue weighted by atomic mass is 32.2. The van der Waals surface area contributed by atoms with Crippen molar-refractivity contribution < 1.29 is 4.21 Å². The van der Waals surface area contributed by atoms with E-state index in [-0.39, 0.29) is 11.5 Å². The van der Waals surface area contributed by atoms with E-state index in [9.17, 15) is 4.21 Å². The maximum atomic E-state index is 11.9. The molecule has 0 saturated heterocycles. The first-order chi connectivity index (χ1) is 8.88. The quantitative estimate of drug-likeness (QED) is 0.866. The van der Waals surface area contributed by atoms with Crippen molar-refractivity contribution in [3.05, 3.63) is 35.4 Å². The van der Waals surface area contributed by atoms with E-state index in [1.54, 1.807) is 0 Å². The SMILES string of the molecule is CCCS(=O)CC(NC)c1ccc(C(C)(C)C)cc1. The number of hydrogen-bond acceptors (Lipinski definition) is 2. The summed E-state index contributed by atoms with van der Waals surface area (Å²) < 4.78 is 11.9. The summed E-state index contributed by atoms with van der Waals surface area (Å²) in [5.74, 6) is 1.48. The standard InChI is InChI=1S/C16H27NOS/c1-6-11-19(18)12-15(17-5)13-7-9-14(10-8-13)16(2,3)4/h7-10,15,17H,6,11-12H2,1-5H3. The minimum Gasteiger partial charge on any atom is -0.312 e. The predicted molar refractivity (Wildman–Crippen MR) is 85.1 cm³/mol. The number of hydrogen-bond donors (Lipinski definition) is 1. The van der Waals surface area contributed by atoms with Gasteiger partial charge in [0.1, 0.15) is 0 Å². The van der Waals surface area contributed by atoms with Gasteiger partial charge >= 0.3 is 0 Å². The van der Waals surface area contributed by atoms with E-state index < -0.39 is 10.8 Å². The zero-order chi connectivity index (χ0) is 14.5. The van der Waals surface area contributed by atoms with Crippen LogP contribution in [0.25, 0.3) is 0 Å². The molecule has 2 atom stereocenters. The normalized spacial score (nSPS) is 15.2. The second-order valence-electron chi connectivity index (χ2n) is 6.02.